The summed E-state index contributed by atoms with van der Waals surface area (Å²) >= 11 is 12.0. The van der Waals surface area contributed by atoms with Gasteiger partial charge in [-0.1, -0.05) is 47.5 Å². The molecule has 2 heterocycles. The van der Waals surface area contributed by atoms with Crippen molar-refractivity contribution in [2.24, 2.45) is 0 Å². The van der Waals surface area contributed by atoms with Crippen molar-refractivity contribution in [1.82, 2.24) is 9.97 Å². The van der Waals surface area contributed by atoms with E-state index >= 15 is 0 Å². The maximum absolute atomic E-state index is 5.98. The fourth-order valence-electron chi connectivity index (χ4n) is 2.79. The van der Waals surface area contributed by atoms with Crippen molar-refractivity contribution in [2.45, 2.75) is 0 Å². The van der Waals surface area contributed by atoms with E-state index in [0.29, 0.717) is 0 Å². The van der Waals surface area contributed by atoms with Crippen LogP contribution in [-0.2, 0) is 0 Å². The summed E-state index contributed by atoms with van der Waals surface area (Å²) in [6.07, 6.45) is 3.60. The molecular weight excluding hydrogens is 363 g/mol. The highest BCUT2D eigenvalue weighted by Gasteiger charge is 2.06. The lowest BCUT2D eigenvalue weighted by Crippen LogP contribution is -1.89. The predicted molar refractivity (Wildman–Crippen MR) is 108 cm³/mol. The van der Waals surface area contributed by atoms with E-state index in [1.165, 1.54) is 0 Å². The topological polar surface area (TPSA) is 25.8 Å². The van der Waals surface area contributed by atoms with Gasteiger partial charge in [0.15, 0.2) is 0 Å². The van der Waals surface area contributed by atoms with Gasteiger partial charge in [0.1, 0.15) is 0 Å². The van der Waals surface area contributed by atoms with Gasteiger partial charge in [0.25, 0.3) is 0 Å². The molecule has 0 unspecified atom stereocenters. The van der Waals surface area contributed by atoms with E-state index < -0.39 is 0 Å². The lowest BCUT2D eigenvalue weighted by molar-refractivity contribution is 1.25. The van der Waals surface area contributed by atoms with Crippen molar-refractivity contribution in [3.63, 3.8) is 0 Å². The minimum Gasteiger partial charge on any atom is -0.255 e. The Morgan fingerprint density at radius 1 is 0.462 bits per heavy atom. The zero-order chi connectivity index (χ0) is 17.9. The summed E-state index contributed by atoms with van der Waals surface area (Å²) in [4.78, 5) is 8.98. The third-order valence-electron chi connectivity index (χ3n) is 4.14. The molecule has 0 radical (unpaired) electrons. The number of pyridine rings is 2. The Morgan fingerprint density at radius 3 is 1.23 bits per heavy atom. The first-order chi connectivity index (χ1) is 12.7. The average molecular weight is 377 g/mol. The monoisotopic (exact) mass is 376 g/mol. The first kappa shape index (κ1) is 16.8. The summed E-state index contributed by atoms with van der Waals surface area (Å²) < 4.78 is 0. The molecule has 0 saturated carbocycles. The number of rotatable bonds is 3. The molecule has 2 aromatic heterocycles. The molecule has 0 aliphatic heterocycles. The summed E-state index contributed by atoms with van der Waals surface area (Å²) in [6.45, 7) is 0. The molecular formula is C22H14Cl2N2. The van der Waals surface area contributed by atoms with Crippen LogP contribution in [0.15, 0.2) is 85.2 Å². The van der Waals surface area contributed by atoms with Crippen LogP contribution in [0.2, 0.25) is 10.0 Å². The minimum atomic E-state index is 0.723. The van der Waals surface area contributed by atoms with Crippen molar-refractivity contribution >= 4 is 23.2 Å². The van der Waals surface area contributed by atoms with Crippen LogP contribution in [0.4, 0.5) is 0 Å². The van der Waals surface area contributed by atoms with Gasteiger partial charge in [0.2, 0.25) is 0 Å². The van der Waals surface area contributed by atoms with Crippen molar-refractivity contribution in [1.29, 1.82) is 0 Å². The number of nitrogens with zero attached hydrogens (tertiary/aromatic N) is 2. The number of aromatic nitrogens is 2. The van der Waals surface area contributed by atoms with E-state index in [1.54, 1.807) is 12.4 Å². The second-order valence-corrected chi connectivity index (χ2v) is 6.75. The Bertz CT molecular complexity index is 955. The summed E-state index contributed by atoms with van der Waals surface area (Å²) in [7, 11) is 0. The Balaban J connectivity index is 1.72. The molecule has 0 amide bonds. The highest BCUT2D eigenvalue weighted by Crippen LogP contribution is 2.28. The maximum atomic E-state index is 5.98. The Hall–Kier alpha value is -2.68. The average Bonchev–Trinajstić information content (AvgIpc) is 2.69. The van der Waals surface area contributed by atoms with Crippen LogP contribution in [0.1, 0.15) is 0 Å². The molecule has 126 valence electrons. The summed E-state index contributed by atoms with van der Waals surface area (Å²) in [6, 6.07) is 23.6. The molecule has 2 nitrogen and oxygen atoms in total. The normalized spacial score (nSPS) is 10.7. The van der Waals surface area contributed by atoms with Crippen molar-refractivity contribution in [3.05, 3.63) is 95.2 Å². The standard InChI is InChI=1S/C22H14Cl2N2/c23-19-5-1-15(2-6-19)17-9-11-25-21(13-17)22-14-18(10-12-26-22)16-3-7-20(24)8-4-16/h1-14H. The quantitative estimate of drug-likeness (QED) is 0.393. The Morgan fingerprint density at radius 2 is 0.846 bits per heavy atom. The van der Waals surface area contributed by atoms with Crippen molar-refractivity contribution in [2.75, 3.05) is 0 Å². The maximum Gasteiger partial charge on any atom is 0.0892 e. The molecule has 0 saturated heterocycles. The number of hydrogen-bond acceptors (Lipinski definition) is 2. The highest BCUT2D eigenvalue weighted by atomic mass is 35.5. The van der Waals surface area contributed by atoms with Crippen LogP contribution in [-0.4, -0.2) is 9.97 Å². The van der Waals surface area contributed by atoms with Gasteiger partial charge in [-0.15, -0.1) is 0 Å². The molecule has 0 N–H and O–H groups in total. The first-order valence-corrected chi connectivity index (χ1v) is 8.89. The van der Waals surface area contributed by atoms with Crippen LogP contribution in [0.25, 0.3) is 33.6 Å². The molecule has 4 rings (SSSR count). The van der Waals surface area contributed by atoms with Crippen LogP contribution in [0.3, 0.4) is 0 Å². The van der Waals surface area contributed by atoms with Crippen LogP contribution >= 0.6 is 23.2 Å². The van der Waals surface area contributed by atoms with Gasteiger partial charge in [-0.3, -0.25) is 9.97 Å². The number of hydrogen-bond donors (Lipinski definition) is 0. The molecule has 0 aliphatic carbocycles. The lowest BCUT2D eigenvalue weighted by Gasteiger charge is -2.07. The van der Waals surface area contributed by atoms with Gasteiger partial charge >= 0.3 is 0 Å². The highest BCUT2D eigenvalue weighted by molar-refractivity contribution is 6.30. The summed E-state index contributed by atoms with van der Waals surface area (Å²) in [5.41, 5.74) is 5.98. The van der Waals surface area contributed by atoms with E-state index in [0.717, 1.165) is 43.7 Å². The number of benzene rings is 2. The zero-order valence-electron chi connectivity index (χ0n) is 13.7. The van der Waals surface area contributed by atoms with E-state index in [-0.39, 0.29) is 0 Å². The van der Waals surface area contributed by atoms with Gasteiger partial charge in [-0.05, 0) is 70.8 Å². The molecule has 0 atom stereocenters. The summed E-state index contributed by atoms with van der Waals surface area (Å²) in [5, 5.41) is 1.45. The fourth-order valence-corrected chi connectivity index (χ4v) is 3.04. The van der Waals surface area contributed by atoms with E-state index in [1.807, 2.05) is 72.8 Å². The first-order valence-electron chi connectivity index (χ1n) is 8.13. The van der Waals surface area contributed by atoms with Crippen molar-refractivity contribution < 1.29 is 0 Å². The third-order valence-corrected chi connectivity index (χ3v) is 4.64. The molecule has 0 aliphatic rings. The van der Waals surface area contributed by atoms with Gasteiger partial charge in [-0.25, -0.2) is 0 Å². The Kier molecular flexibility index (Phi) is 4.70. The second kappa shape index (κ2) is 7.28. The minimum absolute atomic E-state index is 0.723. The van der Waals surface area contributed by atoms with Gasteiger partial charge < -0.3 is 0 Å². The lowest BCUT2D eigenvalue weighted by atomic mass is 10.0. The molecule has 2 aromatic carbocycles. The largest absolute Gasteiger partial charge is 0.255 e. The Labute approximate surface area is 162 Å². The predicted octanol–water partition coefficient (Wildman–Crippen LogP) is 6.78. The molecule has 4 heteroatoms. The molecule has 0 bridgehead atoms. The van der Waals surface area contributed by atoms with Crippen LogP contribution in [0, 0.1) is 0 Å². The molecule has 26 heavy (non-hydrogen) atoms. The SMILES string of the molecule is Clc1ccc(-c2ccnc(-c3cc(-c4ccc(Cl)cc4)ccn3)c2)cc1. The van der Waals surface area contributed by atoms with Crippen LogP contribution in [0.5, 0.6) is 0 Å². The molecule has 0 spiro atoms. The molecule has 0 fully saturated rings. The smallest absolute Gasteiger partial charge is 0.0892 e. The van der Waals surface area contributed by atoms with Crippen molar-refractivity contribution in [3.8, 4) is 33.6 Å². The second-order valence-electron chi connectivity index (χ2n) is 5.87. The third kappa shape index (κ3) is 3.62. The van der Waals surface area contributed by atoms with Crippen LogP contribution < -0.4 is 0 Å². The van der Waals surface area contributed by atoms with E-state index in [2.05, 4.69) is 9.97 Å². The van der Waals surface area contributed by atoms with Gasteiger partial charge in [0, 0.05) is 22.4 Å². The zero-order valence-corrected chi connectivity index (χ0v) is 15.2. The van der Waals surface area contributed by atoms with E-state index in [9.17, 15) is 0 Å². The van der Waals surface area contributed by atoms with Gasteiger partial charge in [0.05, 0.1) is 11.4 Å². The van der Waals surface area contributed by atoms with Gasteiger partial charge in [-0.2, -0.15) is 0 Å². The van der Waals surface area contributed by atoms with E-state index in [4.69, 9.17) is 23.2 Å². The number of halogens is 2. The fraction of sp³-hybridized carbons (Fsp3) is 0. The summed E-state index contributed by atoms with van der Waals surface area (Å²) in [5.74, 6) is 0. The molecule has 4 aromatic rings.